The Balaban J connectivity index is 2.49. The lowest BCUT2D eigenvalue weighted by Gasteiger charge is -2.10. The smallest absolute Gasteiger partial charge is 0.340 e. The SMILES string of the molecule is CNC(=O)c1ccn(-c2cc(C)c(N)c(C(=O)OC)c2)n1. The number of anilines is 1. The number of hydrogen-bond acceptors (Lipinski definition) is 5. The van der Waals surface area contributed by atoms with Gasteiger partial charge in [-0.15, -0.1) is 0 Å². The topological polar surface area (TPSA) is 99.2 Å². The lowest BCUT2D eigenvalue weighted by atomic mass is 10.1. The second-order valence-electron chi connectivity index (χ2n) is 4.44. The third-order valence-corrected chi connectivity index (χ3v) is 3.09. The van der Waals surface area contributed by atoms with E-state index in [1.54, 1.807) is 31.3 Å². The summed E-state index contributed by atoms with van der Waals surface area (Å²) >= 11 is 0. The van der Waals surface area contributed by atoms with E-state index in [0.29, 0.717) is 11.4 Å². The molecule has 0 bridgehead atoms. The lowest BCUT2D eigenvalue weighted by Crippen LogP contribution is -2.18. The van der Waals surface area contributed by atoms with Crippen LogP contribution in [0.25, 0.3) is 5.69 Å². The summed E-state index contributed by atoms with van der Waals surface area (Å²) in [6.07, 6.45) is 1.64. The van der Waals surface area contributed by atoms with E-state index in [0.717, 1.165) is 5.56 Å². The summed E-state index contributed by atoms with van der Waals surface area (Å²) in [6.45, 7) is 1.79. The van der Waals surface area contributed by atoms with Crippen molar-refractivity contribution in [2.45, 2.75) is 6.92 Å². The molecule has 0 fully saturated rings. The molecule has 0 saturated heterocycles. The van der Waals surface area contributed by atoms with Crippen LogP contribution in [0.3, 0.4) is 0 Å². The molecule has 3 N–H and O–H groups in total. The molecule has 7 heteroatoms. The van der Waals surface area contributed by atoms with Gasteiger partial charge in [0.05, 0.1) is 18.4 Å². The highest BCUT2D eigenvalue weighted by Gasteiger charge is 2.15. The fraction of sp³-hybridized carbons (Fsp3) is 0.214. The Morgan fingerprint density at radius 1 is 1.38 bits per heavy atom. The van der Waals surface area contributed by atoms with Crippen LogP contribution in [0.4, 0.5) is 5.69 Å². The molecule has 110 valence electrons. The molecule has 0 aliphatic carbocycles. The van der Waals surface area contributed by atoms with Crippen molar-refractivity contribution in [3.63, 3.8) is 0 Å². The molecule has 0 atom stereocenters. The number of esters is 1. The highest BCUT2D eigenvalue weighted by atomic mass is 16.5. The van der Waals surface area contributed by atoms with Crippen LogP contribution in [0.2, 0.25) is 0 Å². The molecule has 0 unspecified atom stereocenters. The summed E-state index contributed by atoms with van der Waals surface area (Å²) in [7, 11) is 2.82. The van der Waals surface area contributed by atoms with Crippen LogP contribution in [0.15, 0.2) is 24.4 Å². The van der Waals surface area contributed by atoms with Crippen molar-refractivity contribution < 1.29 is 14.3 Å². The number of carbonyl (C=O) groups is 2. The summed E-state index contributed by atoms with van der Waals surface area (Å²) in [5.41, 5.74) is 8.15. The van der Waals surface area contributed by atoms with Crippen LogP contribution in [-0.2, 0) is 4.74 Å². The Morgan fingerprint density at radius 3 is 2.71 bits per heavy atom. The van der Waals surface area contributed by atoms with E-state index >= 15 is 0 Å². The number of nitrogens with two attached hydrogens (primary N) is 1. The third kappa shape index (κ3) is 2.71. The van der Waals surface area contributed by atoms with E-state index in [-0.39, 0.29) is 17.2 Å². The zero-order chi connectivity index (χ0) is 15.6. The molecule has 7 nitrogen and oxygen atoms in total. The summed E-state index contributed by atoms with van der Waals surface area (Å²) < 4.78 is 6.21. The number of aromatic nitrogens is 2. The summed E-state index contributed by atoms with van der Waals surface area (Å²) in [5, 5.41) is 6.66. The van der Waals surface area contributed by atoms with Gasteiger partial charge in [0, 0.05) is 18.9 Å². The van der Waals surface area contributed by atoms with Gasteiger partial charge in [-0.05, 0) is 30.7 Å². The Kier molecular flexibility index (Phi) is 3.93. The van der Waals surface area contributed by atoms with E-state index in [1.807, 2.05) is 0 Å². The minimum atomic E-state index is -0.517. The normalized spacial score (nSPS) is 10.2. The number of benzene rings is 1. The molecule has 2 rings (SSSR count). The summed E-state index contributed by atoms with van der Waals surface area (Å²) in [6, 6.07) is 4.94. The number of nitrogens with one attached hydrogen (secondary N) is 1. The fourth-order valence-corrected chi connectivity index (χ4v) is 1.91. The maximum atomic E-state index is 11.7. The number of rotatable bonds is 3. The van der Waals surface area contributed by atoms with Gasteiger partial charge in [-0.1, -0.05) is 0 Å². The zero-order valence-corrected chi connectivity index (χ0v) is 12.0. The predicted molar refractivity (Wildman–Crippen MR) is 77.4 cm³/mol. The molecule has 0 aliphatic heterocycles. The number of ether oxygens (including phenoxy) is 1. The maximum Gasteiger partial charge on any atom is 0.340 e. The van der Waals surface area contributed by atoms with E-state index in [2.05, 4.69) is 10.4 Å². The average Bonchev–Trinajstić information content (AvgIpc) is 2.98. The van der Waals surface area contributed by atoms with Crippen LogP contribution < -0.4 is 11.1 Å². The van der Waals surface area contributed by atoms with Crippen LogP contribution in [0.5, 0.6) is 0 Å². The molecule has 0 spiro atoms. The molecule has 0 aliphatic rings. The van der Waals surface area contributed by atoms with Gasteiger partial charge >= 0.3 is 5.97 Å². The number of nitrogen functional groups attached to an aromatic ring is 1. The Bertz CT molecular complexity index is 706. The number of hydrogen-bond donors (Lipinski definition) is 2. The largest absolute Gasteiger partial charge is 0.465 e. The van der Waals surface area contributed by atoms with E-state index in [9.17, 15) is 9.59 Å². The van der Waals surface area contributed by atoms with Gasteiger partial charge in [-0.2, -0.15) is 5.10 Å². The van der Waals surface area contributed by atoms with Gasteiger partial charge in [0.15, 0.2) is 5.69 Å². The minimum absolute atomic E-state index is 0.268. The number of nitrogens with zero attached hydrogens (tertiary/aromatic N) is 2. The maximum absolute atomic E-state index is 11.7. The molecule has 2 aromatic rings. The highest BCUT2D eigenvalue weighted by molar-refractivity contribution is 5.96. The fourth-order valence-electron chi connectivity index (χ4n) is 1.91. The molecule has 1 heterocycles. The molecule has 1 amide bonds. The standard InChI is InChI=1S/C14H16N4O3/c1-8-6-9(7-10(12(8)15)14(20)21-3)18-5-4-11(17-18)13(19)16-2/h4-7H,15H2,1-3H3,(H,16,19). The molecule has 1 aromatic carbocycles. The second-order valence-corrected chi connectivity index (χ2v) is 4.44. The van der Waals surface area contributed by atoms with Crippen molar-refractivity contribution in [1.29, 1.82) is 0 Å². The van der Waals surface area contributed by atoms with Crippen molar-refractivity contribution in [1.82, 2.24) is 15.1 Å². The molecule has 21 heavy (non-hydrogen) atoms. The van der Waals surface area contributed by atoms with Crippen LogP contribution in [-0.4, -0.2) is 35.8 Å². The molecular weight excluding hydrogens is 272 g/mol. The molecule has 0 saturated carbocycles. The molecule has 1 aromatic heterocycles. The Hall–Kier alpha value is -2.83. The first kappa shape index (κ1) is 14.6. The van der Waals surface area contributed by atoms with Crippen molar-refractivity contribution in [3.8, 4) is 5.69 Å². The first-order chi connectivity index (χ1) is 9.97. The van der Waals surface area contributed by atoms with Crippen molar-refractivity contribution in [2.24, 2.45) is 0 Å². The van der Waals surface area contributed by atoms with Gasteiger partial charge in [0.25, 0.3) is 5.91 Å². The average molecular weight is 288 g/mol. The van der Waals surface area contributed by atoms with E-state index < -0.39 is 5.97 Å². The third-order valence-electron chi connectivity index (χ3n) is 3.09. The predicted octanol–water partition coefficient (Wildman–Crippen LogP) is 0.909. The van der Waals surface area contributed by atoms with Gasteiger partial charge < -0.3 is 15.8 Å². The second kappa shape index (κ2) is 5.66. The zero-order valence-electron chi connectivity index (χ0n) is 12.0. The summed E-state index contributed by atoms with van der Waals surface area (Å²) in [5.74, 6) is -0.801. The van der Waals surface area contributed by atoms with Gasteiger partial charge in [0.1, 0.15) is 0 Å². The first-order valence-electron chi connectivity index (χ1n) is 6.24. The number of carbonyl (C=O) groups excluding carboxylic acids is 2. The van der Waals surface area contributed by atoms with E-state index in [4.69, 9.17) is 10.5 Å². The Morgan fingerprint density at radius 2 is 2.10 bits per heavy atom. The highest BCUT2D eigenvalue weighted by Crippen LogP contribution is 2.22. The first-order valence-corrected chi connectivity index (χ1v) is 6.24. The lowest BCUT2D eigenvalue weighted by molar-refractivity contribution is 0.0601. The minimum Gasteiger partial charge on any atom is -0.465 e. The number of aryl methyl sites for hydroxylation is 1. The Labute approximate surface area is 121 Å². The summed E-state index contributed by atoms with van der Waals surface area (Å²) in [4.78, 5) is 23.3. The van der Waals surface area contributed by atoms with Crippen molar-refractivity contribution in [2.75, 3.05) is 19.9 Å². The molecule has 0 radical (unpaired) electrons. The number of amides is 1. The monoisotopic (exact) mass is 288 g/mol. The molecular formula is C14H16N4O3. The van der Waals surface area contributed by atoms with Crippen molar-refractivity contribution in [3.05, 3.63) is 41.2 Å². The van der Waals surface area contributed by atoms with Gasteiger partial charge in [0.2, 0.25) is 0 Å². The van der Waals surface area contributed by atoms with E-state index in [1.165, 1.54) is 18.8 Å². The quantitative estimate of drug-likeness (QED) is 0.646. The van der Waals surface area contributed by atoms with Crippen LogP contribution in [0.1, 0.15) is 26.4 Å². The van der Waals surface area contributed by atoms with Crippen LogP contribution in [0, 0.1) is 6.92 Å². The van der Waals surface area contributed by atoms with Gasteiger partial charge in [-0.25, -0.2) is 9.48 Å². The van der Waals surface area contributed by atoms with Crippen molar-refractivity contribution >= 4 is 17.6 Å². The number of methoxy groups -OCH3 is 1. The van der Waals surface area contributed by atoms with Gasteiger partial charge in [-0.3, -0.25) is 4.79 Å². The van der Waals surface area contributed by atoms with Crippen LogP contribution >= 0.6 is 0 Å².